The molecule has 1 aromatic heterocycles. The normalized spacial score (nSPS) is 24.9. The molecular formula is C21H22F6N2O3. The number of carbonyl (C=O) groups is 1. The van der Waals surface area contributed by atoms with Crippen LogP contribution in [0, 0.1) is 5.92 Å². The Bertz CT molecular complexity index is 1010. The Labute approximate surface area is 179 Å². The number of hydrogen-bond donors (Lipinski definition) is 2. The number of carbonyl (C=O) groups excluding carboxylic acids is 1. The molecule has 0 bridgehead atoms. The van der Waals surface area contributed by atoms with E-state index in [1.807, 2.05) is 0 Å². The van der Waals surface area contributed by atoms with Gasteiger partial charge in [0.2, 0.25) is 5.76 Å². The maximum atomic E-state index is 13.2. The van der Waals surface area contributed by atoms with Crippen molar-refractivity contribution in [2.24, 2.45) is 5.92 Å². The third-order valence-electron chi connectivity index (χ3n) is 6.45. The first kappa shape index (κ1) is 22.8. The van der Waals surface area contributed by atoms with E-state index in [4.69, 9.17) is 4.42 Å². The van der Waals surface area contributed by atoms with E-state index in [-0.39, 0.29) is 60.6 Å². The third-order valence-corrected chi connectivity index (χ3v) is 6.45. The van der Waals surface area contributed by atoms with E-state index in [1.54, 1.807) is 4.90 Å². The van der Waals surface area contributed by atoms with Crippen molar-refractivity contribution in [3.05, 3.63) is 29.5 Å². The van der Waals surface area contributed by atoms with Gasteiger partial charge in [-0.2, -0.15) is 26.3 Å². The monoisotopic (exact) mass is 464 g/mol. The third kappa shape index (κ3) is 4.14. The summed E-state index contributed by atoms with van der Waals surface area (Å²) in [5, 5.41) is 12.7. The van der Waals surface area contributed by atoms with Crippen molar-refractivity contribution in [3.63, 3.8) is 0 Å². The van der Waals surface area contributed by atoms with Crippen LogP contribution in [0.2, 0.25) is 0 Å². The molecule has 11 heteroatoms. The van der Waals surface area contributed by atoms with Crippen LogP contribution in [0.4, 0.5) is 32.0 Å². The topological polar surface area (TPSA) is 65.7 Å². The van der Waals surface area contributed by atoms with Crippen LogP contribution < -0.4 is 10.2 Å². The van der Waals surface area contributed by atoms with Gasteiger partial charge in [0.25, 0.3) is 5.91 Å². The Balaban J connectivity index is 1.56. The molecule has 2 aromatic rings. The Kier molecular flexibility index (Phi) is 5.59. The molecule has 4 rings (SSSR count). The second kappa shape index (κ2) is 7.86. The number of alkyl halides is 6. The largest absolute Gasteiger partial charge is 0.449 e. The lowest BCUT2D eigenvalue weighted by Crippen LogP contribution is -2.48. The van der Waals surface area contributed by atoms with Crippen molar-refractivity contribution in [2.75, 3.05) is 24.5 Å². The van der Waals surface area contributed by atoms with Crippen LogP contribution in [0.1, 0.15) is 48.2 Å². The summed E-state index contributed by atoms with van der Waals surface area (Å²) in [4.78, 5) is 14.1. The zero-order valence-electron chi connectivity index (χ0n) is 16.9. The predicted molar refractivity (Wildman–Crippen MR) is 103 cm³/mol. The molecule has 0 unspecified atom stereocenters. The molecule has 1 aliphatic carbocycles. The first-order chi connectivity index (χ1) is 14.9. The Morgan fingerprint density at radius 1 is 1.16 bits per heavy atom. The van der Waals surface area contributed by atoms with Crippen LogP contribution in [-0.4, -0.2) is 42.4 Å². The Morgan fingerprint density at radius 3 is 2.47 bits per heavy atom. The van der Waals surface area contributed by atoms with Gasteiger partial charge in [-0.1, -0.05) is 0 Å². The standard InChI is InChI=1S/C21H22F6N2O3/c22-20(23,24)13-1-2-15-14(11-13)16-17(32-15)18(30)28-8-10-29(16)9-5-12-3-6-19(31,7-4-12)21(25,26)27/h1-2,11-12,31H,3-10H2,(H,28,30). The predicted octanol–water partition coefficient (Wildman–Crippen LogP) is 4.88. The smallest absolute Gasteiger partial charge is 0.417 e. The molecule has 0 atom stereocenters. The molecular weight excluding hydrogens is 442 g/mol. The van der Waals surface area contributed by atoms with E-state index in [0.29, 0.717) is 19.5 Å². The summed E-state index contributed by atoms with van der Waals surface area (Å²) in [5.41, 5.74) is -3.11. The van der Waals surface area contributed by atoms with E-state index in [2.05, 4.69) is 5.32 Å². The molecule has 1 amide bonds. The van der Waals surface area contributed by atoms with E-state index >= 15 is 0 Å². The van der Waals surface area contributed by atoms with E-state index < -0.39 is 29.4 Å². The first-order valence-electron chi connectivity index (χ1n) is 10.3. The van der Waals surface area contributed by atoms with E-state index in [1.165, 1.54) is 6.07 Å². The molecule has 5 nitrogen and oxygen atoms in total. The molecule has 2 aliphatic rings. The van der Waals surface area contributed by atoms with Crippen molar-refractivity contribution >= 4 is 22.6 Å². The highest BCUT2D eigenvalue weighted by Gasteiger charge is 2.54. The van der Waals surface area contributed by atoms with Gasteiger partial charge in [-0.05, 0) is 56.2 Å². The second-order valence-corrected chi connectivity index (χ2v) is 8.49. The van der Waals surface area contributed by atoms with Gasteiger partial charge in [-0.25, -0.2) is 0 Å². The fourth-order valence-corrected chi connectivity index (χ4v) is 4.51. The first-order valence-corrected chi connectivity index (χ1v) is 10.3. The number of benzene rings is 1. The quantitative estimate of drug-likeness (QED) is 0.636. The second-order valence-electron chi connectivity index (χ2n) is 8.49. The molecule has 32 heavy (non-hydrogen) atoms. The van der Waals surface area contributed by atoms with Gasteiger partial charge < -0.3 is 19.7 Å². The highest BCUT2D eigenvalue weighted by atomic mass is 19.4. The maximum Gasteiger partial charge on any atom is 0.417 e. The van der Waals surface area contributed by atoms with Crippen molar-refractivity contribution in [1.82, 2.24) is 5.32 Å². The molecule has 2 N–H and O–H groups in total. The van der Waals surface area contributed by atoms with E-state index in [0.717, 1.165) is 12.1 Å². The summed E-state index contributed by atoms with van der Waals surface area (Å²) in [7, 11) is 0. The van der Waals surface area contributed by atoms with Crippen molar-refractivity contribution in [2.45, 2.75) is 50.1 Å². The average Bonchev–Trinajstić information content (AvgIpc) is 3.01. The molecule has 1 aromatic carbocycles. The molecule has 1 saturated carbocycles. The van der Waals surface area contributed by atoms with Gasteiger partial charge in [-0.15, -0.1) is 0 Å². The number of furan rings is 1. The molecule has 1 aliphatic heterocycles. The molecule has 176 valence electrons. The zero-order valence-corrected chi connectivity index (χ0v) is 16.9. The summed E-state index contributed by atoms with van der Waals surface area (Å²) >= 11 is 0. The van der Waals surface area contributed by atoms with Gasteiger partial charge in [0.1, 0.15) is 5.58 Å². The van der Waals surface area contributed by atoms with Gasteiger partial charge in [-0.3, -0.25) is 4.79 Å². The Morgan fingerprint density at radius 2 is 1.84 bits per heavy atom. The minimum atomic E-state index is -4.67. The van der Waals surface area contributed by atoms with Gasteiger partial charge >= 0.3 is 12.4 Å². The number of halogens is 6. The summed E-state index contributed by atoms with van der Waals surface area (Å²) in [5.74, 6) is -0.677. The molecule has 0 spiro atoms. The lowest BCUT2D eigenvalue weighted by atomic mass is 9.77. The summed E-state index contributed by atoms with van der Waals surface area (Å²) in [6, 6.07) is 3.02. The van der Waals surface area contributed by atoms with Gasteiger partial charge in [0.15, 0.2) is 5.60 Å². The number of aliphatic hydroxyl groups is 1. The average molecular weight is 464 g/mol. The van der Waals surface area contributed by atoms with Crippen LogP contribution >= 0.6 is 0 Å². The maximum absolute atomic E-state index is 13.2. The molecule has 1 fully saturated rings. The number of hydrogen-bond acceptors (Lipinski definition) is 4. The molecule has 0 radical (unpaired) electrons. The zero-order chi connectivity index (χ0) is 23.3. The lowest BCUT2D eigenvalue weighted by molar-refractivity contribution is -0.272. The van der Waals surface area contributed by atoms with E-state index in [9.17, 15) is 36.2 Å². The van der Waals surface area contributed by atoms with Crippen LogP contribution in [0.25, 0.3) is 11.0 Å². The number of anilines is 1. The molecule has 0 saturated heterocycles. The van der Waals surface area contributed by atoms with Crippen LogP contribution in [0.3, 0.4) is 0 Å². The summed E-state index contributed by atoms with van der Waals surface area (Å²) < 4.78 is 84.3. The minimum absolute atomic E-state index is 0.0723. The van der Waals surface area contributed by atoms with Crippen LogP contribution in [0.5, 0.6) is 0 Å². The van der Waals surface area contributed by atoms with Gasteiger partial charge in [0, 0.05) is 25.0 Å². The fraction of sp³-hybridized carbons (Fsp3) is 0.571. The summed E-state index contributed by atoms with van der Waals surface area (Å²) in [6.45, 7) is 0.909. The van der Waals surface area contributed by atoms with Crippen molar-refractivity contribution < 1.29 is 40.7 Å². The lowest BCUT2D eigenvalue weighted by Gasteiger charge is -2.37. The highest BCUT2D eigenvalue weighted by molar-refractivity contribution is 6.07. The summed E-state index contributed by atoms with van der Waals surface area (Å²) in [6.07, 6.45) is -9.13. The number of rotatable bonds is 3. The SMILES string of the molecule is O=C1NCCN(CCC2CCC(O)(C(F)(F)F)CC2)c2c1oc1ccc(C(F)(F)F)cc21. The van der Waals surface area contributed by atoms with Gasteiger partial charge in [0.05, 0.1) is 11.3 Å². The minimum Gasteiger partial charge on any atom is -0.449 e. The number of fused-ring (bicyclic) bond motifs is 3. The van der Waals surface area contributed by atoms with Crippen LogP contribution in [-0.2, 0) is 6.18 Å². The highest BCUT2D eigenvalue weighted by Crippen LogP contribution is 2.44. The van der Waals surface area contributed by atoms with Crippen molar-refractivity contribution in [3.8, 4) is 0 Å². The number of nitrogens with zero attached hydrogens (tertiary/aromatic N) is 1. The Hall–Kier alpha value is -2.43. The molecule has 2 heterocycles. The van der Waals surface area contributed by atoms with Crippen LogP contribution in [0.15, 0.2) is 22.6 Å². The number of amides is 1. The number of nitrogens with one attached hydrogen (secondary N) is 1. The van der Waals surface area contributed by atoms with Crippen molar-refractivity contribution in [1.29, 1.82) is 0 Å². The fourth-order valence-electron chi connectivity index (χ4n) is 4.51.